The van der Waals surface area contributed by atoms with Crippen LogP contribution in [-0.2, 0) is 4.79 Å². The summed E-state index contributed by atoms with van der Waals surface area (Å²) in [7, 11) is 0. The Bertz CT molecular complexity index is 983. The van der Waals surface area contributed by atoms with E-state index >= 15 is 0 Å². The van der Waals surface area contributed by atoms with Crippen LogP contribution in [0, 0.1) is 6.92 Å². The molecule has 26 heavy (non-hydrogen) atoms. The maximum Gasteiger partial charge on any atom is 0.341 e. The Balaban J connectivity index is 2.08. The molecule has 0 saturated carbocycles. The summed E-state index contributed by atoms with van der Waals surface area (Å²) < 4.78 is 11.2. The molecule has 7 nitrogen and oxygen atoms in total. The van der Waals surface area contributed by atoms with E-state index in [1.807, 2.05) is 30.3 Å². The van der Waals surface area contributed by atoms with Gasteiger partial charge in [-0.3, -0.25) is 4.79 Å². The largest absolute Gasteiger partial charge is 0.479 e. The molecule has 0 atom stereocenters. The van der Waals surface area contributed by atoms with Crippen molar-refractivity contribution in [1.82, 2.24) is 10.2 Å². The molecular formula is C19H16N2O5. The molecule has 2 N–H and O–H groups in total. The van der Waals surface area contributed by atoms with Crippen molar-refractivity contribution < 1.29 is 19.4 Å². The van der Waals surface area contributed by atoms with Crippen LogP contribution in [0.4, 0.5) is 0 Å². The summed E-state index contributed by atoms with van der Waals surface area (Å²) in [6.07, 6.45) is 0. The van der Waals surface area contributed by atoms with E-state index in [0.29, 0.717) is 22.8 Å². The van der Waals surface area contributed by atoms with Gasteiger partial charge in [-0.2, -0.15) is 5.10 Å². The summed E-state index contributed by atoms with van der Waals surface area (Å²) in [5, 5.41) is 15.3. The molecule has 2 aromatic carbocycles. The van der Waals surface area contributed by atoms with Crippen LogP contribution in [0.5, 0.6) is 17.2 Å². The van der Waals surface area contributed by atoms with Crippen LogP contribution < -0.4 is 15.0 Å². The molecule has 0 radical (unpaired) electrons. The Morgan fingerprint density at radius 1 is 1.12 bits per heavy atom. The number of hydrogen-bond acceptors (Lipinski definition) is 5. The first-order valence-electron chi connectivity index (χ1n) is 7.82. The number of hydrogen-bond donors (Lipinski definition) is 2. The summed E-state index contributed by atoms with van der Waals surface area (Å²) in [5.41, 5.74) is 0.660. The Morgan fingerprint density at radius 2 is 1.81 bits per heavy atom. The Hall–Kier alpha value is -3.61. The van der Waals surface area contributed by atoms with Crippen LogP contribution in [0.1, 0.15) is 5.56 Å². The molecule has 0 unspecified atom stereocenters. The van der Waals surface area contributed by atoms with Crippen LogP contribution in [-0.4, -0.2) is 27.9 Å². The summed E-state index contributed by atoms with van der Waals surface area (Å²) >= 11 is 0. The van der Waals surface area contributed by atoms with E-state index in [4.69, 9.17) is 14.6 Å². The SMILES string of the molecule is Cc1c(OCC(=O)O)c(-c2ccccc2Oc2ccccc2)n[nH]c1=O. The van der Waals surface area contributed by atoms with E-state index in [1.54, 1.807) is 31.2 Å². The molecule has 1 aromatic heterocycles. The molecule has 0 fully saturated rings. The highest BCUT2D eigenvalue weighted by molar-refractivity contribution is 5.74. The number of carboxylic acids is 1. The van der Waals surface area contributed by atoms with Crippen molar-refractivity contribution in [2.24, 2.45) is 0 Å². The molecule has 132 valence electrons. The van der Waals surface area contributed by atoms with Gasteiger partial charge in [-0.15, -0.1) is 0 Å². The number of benzene rings is 2. The molecule has 0 amide bonds. The number of carbonyl (C=O) groups is 1. The molecule has 1 heterocycles. The predicted molar refractivity (Wildman–Crippen MR) is 94.7 cm³/mol. The standard InChI is InChI=1S/C19H16N2O5/c1-12-18(25-11-16(22)23)17(20-21-19(12)24)14-9-5-6-10-15(14)26-13-7-3-2-4-8-13/h2-10H,11H2,1H3,(H,21,24)(H,22,23). The number of carboxylic acid groups (broad SMARTS) is 1. The first-order valence-corrected chi connectivity index (χ1v) is 7.82. The minimum atomic E-state index is -1.15. The quantitative estimate of drug-likeness (QED) is 0.707. The number of nitrogens with one attached hydrogen (secondary N) is 1. The zero-order chi connectivity index (χ0) is 18.5. The number of rotatable bonds is 6. The third-order valence-corrected chi connectivity index (χ3v) is 3.62. The van der Waals surface area contributed by atoms with Crippen LogP contribution in [0.3, 0.4) is 0 Å². The molecule has 7 heteroatoms. The van der Waals surface area contributed by atoms with Gasteiger partial charge in [0.2, 0.25) is 0 Å². The average Bonchev–Trinajstić information content (AvgIpc) is 2.64. The molecule has 0 aliphatic carbocycles. The van der Waals surface area contributed by atoms with Crippen molar-refractivity contribution in [2.75, 3.05) is 6.61 Å². The van der Waals surface area contributed by atoms with E-state index in [9.17, 15) is 9.59 Å². The van der Waals surface area contributed by atoms with Crippen LogP contribution in [0.15, 0.2) is 59.4 Å². The Labute approximate surface area is 148 Å². The second-order valence-electron chi connectivity index (χ2n) is 5.45. The van der Waals surface area contributed by atoms with Gasteiger partial charge < -0.3 is 14.6 Å². The molecule has 0 aliphatic heterocycles. The first kappa shape index (κ1) is 17.2. The van der Waals surface area contributed by atoms with Gasteiger partial charge in [0, 0.05) is 5.56 Å². The van der Waals surface area contributed by atoms with Gasteiger partial charge in [-0.1, -0.05) is 30.3 Å². The lowest BCUT2D eigenvalue weighted by atomic mass is 10.1. The third kappa shape index (κ3) is 3.72. The van der Waals surface area contributed by atoms with E-state index in [-0.39, 0.29) is 11.3 Å². The summed E-state index contributed by atoms with van der Waals surface area (Å²) in [4.78, 5) is 22.7. The van der Waals surface area contributed by atoms with E-state index in [2.05, 4.69) is 10.2 Å². The molecule has 3 rings (SSSR count). The van der Waals surface area contributed by atoms with Gasteiger partial charge in [0.05, 0.1) is 5.56 Å². The summed E-state index contributed by atoms with van der Waals surface area (Å²) in [6.45, 7) is 0.961. The first-order chi connectivity index (χ1) is 12.6. The highest BCUT2D eigenvalue weighted by Crippen LogP contribution is 2.37. The van der Waals surface area contributed by atoms with Crippen molar-refractivity contribution in [1.29, 1.82) is 0 Å². The Morgan fingerprint density at radius 3 is 2.54 bits per heavy atom. The minimum absolute atomic E-state index is 0.111. The van der Waals surface area contributed by atoms with E-state index < -0.39 is 18.1 Å². The van der Waals surface area contributed by atoms with Crippen LogP contribution >= 0.6 is 0 Å². The van der Waals surface area contributed by atoms with E-state index in [1.165, 1.54) is 0 Å². The fraction of sp³-hybridized carbons (Fsp3) is 0.105. The monoisotopic (exact) mass is 352 g/mol. The normalized spacial score (nSPS) is 10.3. The smallest absolute Gasteiger partial charge is 0.341 e. The average molecular weight is 352 g/mol. The van der Waals surface area contributed by atoms with Gasteiger partial charge >= 0.3 is 5.97 Å². The van der Waals surface area contributed by atoms with Gasteiger partial charge in [-0.25, -0.2) is 9.89 Å². The van der Waals surface area contributed by atoms with Crippen molar-refractivity contribution in [2.45, 2.75) is 6.92 Å². The molecule has 0 spiro atoms. The highest BCUT2D eigenvalue weighted by atomic mass is 16.5. The van der Waals surface area contributed by atoms with Gasteiger partial charge in [0.1, 0.15) is 17.2 Å². The maximum atomic E-state index is 11.9. The number of H-pyrrole nitrogens is 1. The topological polar surface area (TPSA) is 102 Å². The summed E-state index contributed by atoms with van der Waals surface area (Å²) in [5.74, 6) is 0.0941. The Kier molecular flexibility index (Phi) is 4.98. The number of aromatic nitrogens is 2. The van der Waals surface area contributed by atoms with Crippen molar-refractivity contribution in [3.63, 3.8) is 0 Å². The fourth-order valence-electron chi connectivity index (χ4n) is 2.38. The summed E-state index contributed by atoms with van der Waals surface area (Å²) in [6, 6.07) is 16.3. The molecule has 0 saturated heterocycles. The second kappa shape index (κ2) is 7.52. The molecule has 3 aromatic rings. The number of para-hydroxylation sites is 2. The number of aliphatic carboxylic acids is 1. The highest BCUT2D eigenvalue weighted by Gasteiger charge is 2.19. The fourth-order valence-corrected chi connectivity index (χ4v) is 2.38. The van der Waals surface area contributed by atoms with Crippen molar-refractivity contribution >= 4 is 5.97 Å². The lowest BCUT2D eigenvalue weighted by Gasteiger charge is -2.14. The zero-order valence-electron chi connectivity index (χ0n) is 13.9. The van der Waals surface area contributed by atoms with Gasteiger partial charge in [-0.05, 0) is 31.2 Å². The van der Waals surface area contributed by atoms with Crippen LogP contribution in [0.25, 0.3) is 11.3 Å². The van der Waals surface area contributed by atoms with E-state index in [0.717, 1.165) is 0 Å². The number of nitrogens with zero attached hydrogens (tertiary/aromatic N) is 1. The number of ether oxygens (including phenoxy) is 2. The second-order valence-corrected chi connectivity index (χ2v) is 5.45. The van der Waals surface area contributed by atoms with Crippen LogP contribution in [0.2, 0.25) is 0 Å². The van der Waals surface area contributed by atoms with Crippen molar-refractivity contribution in [3.05, 3.63) is 70.5 Å². The predicted octanol–water partition coefficient (Wildman–Crippen LogP) is 3.00. The molecular weight excluding hydrogens is 336 g/mol. The molecule has 0 aliphatic rings. The maximum absolute atomic E-state index is 11.9. The molecule has 0 bridgehead atoms. The minimum Gasteiger partial charge on any atom is -0.479 e. The third-order valence-electron chi connectivity index (χ3n) is 3.62. The number of aromatic amines is 1. The zero-order valence-corrected chi connectivity index (χ0v) is 13.9. The van der Waals surface area contributed by atoms with Gasteiger partial charge in [0.15, 0.2) is 12.4 Å². The van der Waals surface area contributed by atoms with Crippen molar-refractivity contribution in [3.8, 4) is 28.5 Å². The lowest BCUT2D eigenvalue weighted by molar-refractivity contribution is -0.139. The lowest BCUT2D eigenvalue weighted by Crippen LogP contribution is -2.18. The van der Waals surface area contributed by atoms with Gasteiger partial charge in [0.25, 0.3) is 5.56 Å².